The molecule has 8 aromatic rings. The summed E-state index contributed by atoms with van der Waals surface area (Å²) in [7, 11) is -1.15. The van der Waals surface area contributed by atoms with Gasteiger partial charge < -0.3 is 0 Å². The van der Waals surface area contributed by atoms with Gasteiger partial charge in [0.1, 0.15) is 0 Å². The number of rotatable bonds is 6. The second-order valence-corrected chi connectivity index (χ2v) is 15.2. The third kappa shape index (κ3) is 6.85. The lowest BCUT2D eigenvalue weighted by Gasteiger charge is -2.19. The first-order valence-electron chi connectivity index (χ1n) is 15.5. The van der Waals surface area contributed by atoms with E-state index in [2.05, 4.69) is 206 Å². The molecule has 0 atom stereocenters. The Morgan fingerprint density at radius 2 is 0.543 bits per heavy atom. The number of hydrogen-bond acceptors (Lipinski definition) is 0. The van der Waals surface area contributed by atoms with Gasteiger partial charge in [0.05, 0.1) is 0 Å². The van der Waals surface area contributed by atoms with Crippen LogP contribution >= 0.6 is 15.8 Å². The molecule has 0 aromatic heterocycles. The molecule has 0 heterocycles. The van der Waals surface area contributed by atoms with Crippen molar-refractivity contribution in [2.75, 3.05) is 0 Å². The van der Waals surface area contributed by atoms with Crippen LogP contribution in [0.4, 0.5) is 0 Å². The summed E-state index contributed by atoms with van der Waals surface area (Å²) >= 11 is 0. The summed E-state index contributed by atoms with van der Waals surface area (Å²) in [4.78, 5) is 0. The molecule has 0 bridgehead atoms. The van der Waals surface area contributed by atoms with E-state index >= 15 is 0 Å². The average molecular weight is 623 g/mol. The Morgan fingerprint density at radius 3 is 0.870 bits per heavy atom. The van der Waals surface area contributed by atoms with Crippen molar-refractivity contribution in [2.24, 2.45) is 0 Å². The van der Waals surface area contributed by atoms with Gasteiger partial charge in [0.25, 0.3) is 0 Å². The Bertz CT molecular complexity index is 1910. The molecule has 0 aliphatic carbocycles. The lowest BCUT2D eigenvalue weighted by Crippen LogP contribution is -2.20. The lowest BCUT2D eigenvalue weighted by molar-refractivity contribution is 1.74. The van der Waals surface area contributed by atoms with E-state index in [1.165, 1.54) is 53.4 Å². The second kappa shape index (κ2) is 14.5. The highest BCUT2D eigenvalue weighted by atomic mass is 31.1. The normalized spacial score (nSPS) is 11.0. The minimum atomic E-state index is -0.575. The SMILES string of the molecule is [c]1c(P(c2ccccc2)c2ccccc2)ccc2ccccc12.[c]1c(P(c2ccccc2)c2ccccc2)ccc2ccccc12. The van der Waals surface area contributed by atoms with Gasteiger partial charge in [-0.1, -0.05) is 194 Å². The van der Waals surface area contributed by atoms with Gasteiger partial charge in [-0.2, -0.15) is 0 Å². The highest BCUT2D eigenvalue weighted by Crippen LogP contribution is 2.34. The molecular formula is C44H32P2. The van der Waals surface area contributed by atoms with Crippen LogP contribution in [0.5, 0.6) is 0 Å². The van der Waals surface area contributed by atoms with Gasteiger partial charge >= 0.3 is 0 Å². The maximum Gasteiger partial charge on any atom is -0.000884 e. The van der Waals surface area contributed by atoms with Gasteiger partial charge in [-0.25, -0.2) is 0 Å². The molecule has 0 N–H and O–H groups in total. The summed E-state index contributed by atoms with van der Waals surface area (Å²) in [5, 5.41) is 12.8. The van der Waals surface area contributed by atoms with Crippen molar-refractivity contribution < 1.29 is 0 Å². The Hall–Kier alpha value is -4.86. The molecule has 8 rings (SSSR count). The highest BCUT2D eigenvalue weighted by Gasteiger charge is 2.17. The lowest BCUT2D eigenvalue weighted by atomic mass is 10.1. The van der Waals surface area contributed by atoms with Gasteiger partial charge in [-0.3, -0.25) is 0 Å². The maximum atomic E-state index is 3.65. The number of fused-ring (bicyclic) bond motifs is 2. The van der Waals surface area contributed by atoms with Gasteiger partial charge in [0.15, 0.2) is 0 Å². The molecule has 0 aliphatic heterocycles. The van der Waals surface area contributed by atoms with Gasteiger partial charge in [0, 0.05) is 0 Å². The topological polar surface area (TPSA) is 0 Å². The van der Waals surface area contributed by atoms with Crippen LogP contribution in [-0.4, -0.2) is 0 Å². The fraction of sp³-hybridized carbons (Fsp3) is 0. The van der Waals surface area contributed by atoms with Crippen LogP contribution in [0, 0.1) is 12.1 Å². The van der Waals surface area contributed by atoms with Crippen molar-refractivity contribution in [3.05, 3.63) is 206 Å². The Balaban J connectivity index is 0.000000147. The van der Waals surface area contributed by atoms with E-state index < -0.39 is 15.8 Å². The minimum Gasteiger partial charge on any atom is -0.0622 e. The zero-order valence-electron chi connectivity index (χ0n) is 25.4. The molecule has 0 saturated heterocycles. The summed E-state index contributed by atoms with van der Waals surface area (Å²) in [5.74, 6) is 0. The molecule has 0 amide bonds. The van der Waals surface area contributed by atoms with Crippen LogP contribution in [0.3, 0.4) is 0 Å². The van der Waals surface area contributed by atoms with Crippen LogP contribution in [0.15, 0.2) is 194 Å². The molecular weight excluding hydrogens is 590 g/mol. The van der Waals surface area contributed by atoms with Crippen molar-refractivity contribution >= 4 is 69.2 Å². The molecule has 0 nitrogen and oxygen atoms in total. The van der Waals surface area contributed by atoms with Crippen LogP contribution in [0.1, 0.15) is 0 Å². The van der Waals surface area contributed by atoms with E-state index in [0.717, 1.165) is 0 Å². The standard InChI is InChI=1S/2C22H16P/c2*1-3-11-20(12-4-1)23(21-13-5-2-6-14-21)22-16-15-18-9-7-8-10-19(18)17-22/h2*1-16H. The van der Waals surface area contributed by atoms with E-state index in [4.69, 9.17) is 0 Å². The van der Waals surface area contributed by atoms with Crippen LogP contribution in [-0.2, 0) is 0 Å². The monoisotopic (exact) mass is 622 g/mol. The second-order valence-electron chi connectivity index (χ2n) is 10.9. The smallest absolute Gasteiger partial charge is 0.000884 e. The molecule has 0 saturated carbocycles. The molecule has 0 aliphatic rings. The van der Waals surface area contributed by atoms with Gasteiger partial charge in [-0.05, 0) is 81.3 Å². The summed E-state index contributed by atoms with van der Waals surface area (Å²) < 4.78 is 0. The van der Waals surface area contributed by atoms with Crippen molar-refractivity contribution in [3.63, 3.8) is 0 Å². The summed E-state index contributed by atoms with van der Waals surface area (Å²) in [6.45, 7) is 0. The Labute approximate surface area is 274 Å². The first-order valence-corrected chi connectivity index (χ1v) is 18.1. The van der Waals surface area contributed by atoms with E-state index in [1.54, 1.807) is 0 Å². The highest BCUT2D eigenvalue weighted by molar-refractivity contribution is 7.80. The van der Waals surface area contributed by atoms with E-state index in [-0.39, 0.29) is 0 Å². The zero-order valence-corrected chi connectivity index (χ0v) is 27.2. The van der Waals surface area contributed by atoms with Crippen LogP contribution < -0.4 is 31.8 Å². The average Bonchev–Trinajstić information content (AvgIpc) is 3.14. The molecule has 0 fully saturated rings. The molecule has 46 heavy (non-hydrogen) atoms. The summed E-state index contributed by atoms with van der Waals surface area (Å²) in [5.41, 5.74) is 0. The van der Waals surface area contributed by atoms with Gasteiger partial charge in [0.2, 0.25) is 0 Å². The minimum absolute atomic E-state index is 0.575. The van der Waals surface area contributed by atoms with Crippen LogP contribution in [0.25, 0.3) is 21.5 Å². The van der Waals surface area contributed by atoms with E-state index in [9.17, 15) is 0 Å². The predicted molar refractivity (Wildman–Crippen MR) is 203 cm³/mol. The fourth-order valence-corrected chi connectivity index (χ4v) is 10.1. The number of hydrogen-bond donors (Lipinski definition) is 0. The zero-order chi connectivity index (χ0) is 31.0. The third-order valence-corrected chi connectivity index (χ3v) is 12.6. The van der Waals surface area contributed by atoms with E-state index in [0.29, 0.717) is 0 Å². The quantitative estimate of drug-likeness (QED) is 0.163. The number of benzene rings is 8. The molecule has 218 valence electrons. The molecule has 0 unspecified atom stereocenters. The fourth-order valence-electron chi connectivity index (χ4n) is 5.63. The van der Waals surface area contributed by atoms with Crippen molar-refractivity contribution in [2.45, 2.75) is 0 Å². The van der Waals surface area contributed by atoms with Crippen molar-refractivity contribution in [1.29, 1.82) is 0 Å². The summed E-state index contributed by atoms with van der Waals surface area (Å²) in [6, 6.07) is 76.1. The third-order valence-electron chi connectivity index (χ3n) is 7.83. The Morgan fingerprint density at radius 1 is 0.261 bits per heavy atom. The molecule has 0 spiro atoms. The van der Waals surface area contributed by atoms with E-state index in [1.807, 2.05) is 0 Å². The van der Waals surface area contributed by atoms with Crippen molar-refractivity contribution in [1.82, 2.24) is 0 Å². The Kier molecular flexibility index (Phi) is 9.40. The summed E-state index contributed by atoms with van der Waals surface area (Å²) in [6.07, 6.45) is 0. The van der Waals surface area contributed by atoms with Crippen LogP contribution in [0.2, 0.25) is 0 Å². The largest absolute Gasteiger partial charge is 0.0622 e. The molecule has 2 radical (unpaired) electrons. The first-order chi connectivity index (χ1) is 22.8. The van der Waals surface area contributed by atoms with Crippen molar-refractivity contribution in [3.8, 4) is 0 Å². The predicted octanol–water partition coefficient (Wildman–Crippen LogP) is 8.80. The van der Waals surface area contributed by atoms with Gasteiger partial charge in [-0.15, -0.1) is 0 Å². The maximum absolute atomic E-state index is 3.65. The molecule has 2 heteroatoms. The first kappa shape index (κ1) is 29.8. The molecule has 8 aromatic carbocycles.